The predicted molar refractivity (Wildman–Crippen MR) is 269 cm³/mol. The summed E-state index contributed by atoms with van der Waals surface area (Å²) in [6.45, 7) is 20.0. The van der Waals surface area contributed by atoms with Crippen LogP contribution in [0.15, 0.2) is 176 Å². The number of aromatic nitrogens is 3. The van der Waals surface area contributed by atoms with Gasteiger partial charge in [-0.3, -0.25) is 9.55 Å². The molecule has 0 radical (unpaired) electrons. The molecule has 318 valence electrons. The maximum absolute atomic E-state index is 12.2. The lowest BCUT2D eigenvalue weighted by molar-refractivity contribution is 0.448. The Morgan fingerprint density at radius 2 is 1.00 bits per heavy atom. The van der Waals surface area contributed by atoms with Gasteiger partial charge in [0.25, 0.3) is 0 Å². The highest BCUT2D eigenvalue weighted by atomic mass is 16.3. The van der Waals surface area contributed by atoms with Gasteiger partial charge >= 0.3 is 0 Å². The van der Waals surface area contributed by atoms with Crippen LogP contribution in [0.2, 0.25) is 0 Å². The molecule has 2 aromatic heterocycles. The van der Waals surface area contributed by atoms with Gasteiger partial charge in [-0.15, -0.1) is 0 Å². The average molecular weight is 836 g/mol. The summed E-state index contributed by atoms with van der Waals surface area (Å²) in [6.07, 6.45) is 1.92. The first-order valence-electron chi connectivity index (χ1n) is 22.4. The van der Waals surface area contributed by atoms with Gasteiger partial charge in [-0.05, 0) is 121 Å². The van der Waals surface area contributed by atoms with Crippen molar-refractivity contribution in [2.75, 3.05) is 0 Å². The minimum atomic E-state index is -0.286. The SMILES string of the molecule is CC(C)(C)c1cc(-c2cc(-c3cccc(-c4ccccc4)c3)ccn2)cc(-c2cccc3c2nc(-c2cccc(C(C)(C)C)c2O)n3-c2ccc(C(C)(C)C)cc2-c2ccccc2)c1. The molecule has 0 bridgehead atoms. The Bertz CT molecular complexity index is 3160. The molecule has 0 atom stereocenters. The highest BCUT2D eigenvalue weighted by molar-refractivity contribution is 5.98. The van der Waals surface area contributed by atoms with Crippen molar-refractivity contribution in [2.24, 2.45) is 0 Å². The second-order valence-electron chi connectivity index (χ2n) is 20.2. The Balaban J connectivity index is 1.28. The van der Waals surface area contributed by atoms with Gasteiger partial charge < -0.3 is 5.11 Å². The van der Waals surface area contributed by atoms with Gasteiger partial charge in [-0.25, -0.2) is 4.98 Å². The van der Waals surface area contributed by atoms with Crippen molar-refractivity contribution < 1.29 is 5.11 Å². The van der Waals surface area contributed by atoms with Crippen molar-refractivity contribution in [3.05, 3.63) is 193 Å². The van der Waals surface area contributed by atoms with E-state index >= 15 is 0 Å². The molecule has 0 saturated heterocycles. The number of hydrogen-bond donors (Lipinski definition) is 1. The molecule has 7 aromatic carbocycles. The molecular formula is C60H57N3O. The van der Waals surface area contributed by atoms with Gasteiger partial charge in [-0.2, -0.15) is 0 Å². The average Bonchev–Trinajstić information content (AvgIpc) is 3.68. The fraction of sp³-hybridized carbons (Fsp3) is 0.200. The van der Waals surface area contributed by atoms with Crippen LogP contribution in [-0.4, -0.2) is 19.6 Å². The molecular weight excluding hydrogens is 779 g/mol. The molecule has 9 rings (SSSR count). The van der Waals surface area contributed by atoms with E-state index in [-0.39, 0.29) is 22.0 Å². The largest absolute Gasteiger partial charge is 0.507 e. The van der Waals surface area contributed by atoms with Gasteiger partial charge in [0.15, 0.2) is 0 Å². The quantitative estimate of drug-likeness (QED) is 0.174. The van der Waals surface area contributed by atoms with E-state index in [1.807, 2.05) is 24.4 Å². The second kappa shape index (κ2) is 16.3. The van der Waals surface area contributed by atoms with E-state index in [0.29, 0.717) is 11.4 Å². The van der Waals surface area contributed by atoms with E-state index in [1.165, 1.54) is 22.3 Å². The van der Waals surface area contributed by atoms with Gasteiger partial charge in [0, 0.05) is 22.9 Å². The van der Waals surface area contributed by atoms with E-state index in [2.05, 4.69) is 219 Å². The lowest BCUT2D eigenvalue weighted by Crippen LogP contribution is -2.12. The van der Waals surface area contributed by atoms with Gasteiger partial charge in [0.1, 0.15) is 11.6 Å². The predicted octanol–water partition coefficient (Wildman–Crippen LogP) is 16.0. The number of nitrogens with zero attached hydrogens (tertiary/aromatic N) is 3. The summed E-state index contributed by atoms with van der Waals surface area (Å²) in [7, 11) is 0. The lowest BCUT2D eigenvalue weighted by Gasteiger charge is -2.24. The van der Waals surface area contributed by atoms with Gasteiger partial charge in [0.05, 0.1) is 28.0 Å². The Labute approximate surface area is 379 Å². The third kappa shape index (κ3) is 8.17. The van der Waals surface area contributed by atoms with Crippen LogP contribution >= 0.6 is 0 Å². The molecule has 4 heteroatoms. The first-order chi connectivity index (χ1) is 30.5. The Morgan fingerprint density at radius 1 is 0.422 bits per heavy atom. The minimum absolute atomic E-state index is 0.0648. The lowest BCUT2D eigenvalue weighted by atomic mass is 9.83. The minimum Gasteiger partial charge on any atom is -0.507 e. The molecule has 0 aliphatic carbocycles. The van der Waals surface area contributed by atoms with Crippen LogP contribution in [0.5, 0.6) is 5.75 Å². The highest BCUT2D eigenvalue weighted by Gasteiger charge is 2.27. The van der Waals surface area contributed by atoms with Crippen LogP contribution in [0.4, 0.5) is 0 Å². The summed E-state index contributed by atoms with van der Waals surface area (Å²) in [4.78, 5) is 10.6. The number of benzene rings is 7. The zero-order valence-electron chi connectivity index (χ0n) is 38.5. The molecule has 0 fully saturated rings. The fourth-order valence-corrected chi connectivity index (χ4v) is 8.77. The summed E-state index contributed by atoms with van der Waals surface area (Å²) in [5.74, 6) is 0.934. The van der Waals surface area contributed by atoms with E-state index in [0.717, 1.165) is 66.9 Å². The topological polar surface area (TPSA) is 50.9 Å². The summed E-state index contributed by atoms with van der Waals surface area (Å²) in [5, 5.41) is 12.2. The van der Waals surface area contributed by atoms with Crippen LogP contribution in [0, 0.1) is 0 Å². The number of rotatable bonds is 7. The van der Waals surface area contributed by atoms with Crippen molar-refractivity contribution in [1.82, 2.24) is 14.5 Å². The Hall–Kier alpha value is -7.04. The van der Waals surface area contributed by atoms with E-state index in [1.54, 1.807) is 0 Å². The highest BCUT2D eigenvalue weighted by Crippen LogP contribution is 2.44. The van der Waals surface area contributed by atoms with Crippen molar-refractivity contribution in [3.8, 4) is 78.6 Å². The van der Waals surface area contributed by atoms with E-state index < -0.39 is 0 Å². The van der Waals surface area contributed by atoms with Crippen LogP contribution in [0.1, 0.15) is 79.0 Å². The van der Waals surface area contributed by atoms with Gasteiger partial charge in [-0.1, -0.05) is 178 Å². The third-order valence-electron chi connectivity index (χ3n) is 12.4. The maximum Gasteiger partial charge on any atom is 0.149 e. The van der Waals surface area contributed by atoms with Crippen LogP contribution in [-0.2, 0) is 16.2 Å². The molecule has 1 N–H and O–H groups in total. The normalized spacial score (nSPS) is 12.2. The first kappa shape index (κ1) is 42.3. The second-order valence-corrected chi connectivity index (χ2v) is 20.2. The summed E-state index contributed by atoms with van der Waals surface area (Å²) in [6, 6.07) is 60.4. The fourth-order valence-electron chi connectivity index (χ4n) is 8.77. The Kier molecular flexibility index (Phi) is 10.7. The van der Waals surface area contributed by atoms with Crippen molar-refractivity contribution >= 4 is 11.0 Å². The molecule has 0 spiro atoms. The molecule has 0 aliphatic rings. The number of aromatic hydroxyl groups is 1. The van der Waals surface area contributed by atoms with Crippen LogP contribution in [0.3, 0.4) is 0 Å². The summed E-state index contributed by atoms with van der Waals surface area (Å²) >= 11 is 0. The molecule has 4 nitrogen and oxygen atoms in total. The number of pyridine rings is 1. The molecule has 0 saturated carbocycles. The molecule has 64 heavy (non-hydrogen) atoms. The number of para-hydroxylation sites is 2. The van der Waals surface area contributed by atoms with Crippen molar-refractivity contribution in [2.45, 2.75) is 78.6 Å². The Morgan fingerprint density at radius 3 is 1.69 bits per heavy atom. The molecule has 0 unspecified atom stereocenters. The molecule has 0 amide bonds. The smallest absolute Gasteiger partial charge is 0.149 e. The van der Waals surface area contributed by atoms with E-state index in [4.69, 9.17) is 9.97 Å². The third-order valence-corrected chi connectivity index (χ3v) is 12.4. The number of fused-ring (bicyclic) bond motifs is 1. The van der Waals surface area contributed by atoms with Crippen LogP contribution in [0.25, 0.3) is 83.9 Å². The van der Waals surface area contributed by atoms with Crippen molar-refractivity contribution in [3.63, 3.8) is 0 Å². The first-order valence-corrected chi connectivity index (χ1v) is 22.4. The zero-order valence-corrected chi connectivity index (χ0v) is 38.5. The van der Waals surface area contributed by atoms with Crippen LogP contribution < -0.4 is 0 Å². The standard InChI is InChI=1S/C60H57N3O/c1-58(2,3)46-29-30-53(50(38-46)40-21-14-11-15-22-40)63-54-28-18-25-48(55(54)62-57(63)49-26-17-27-51(56(49)64)60(7,8)9)44-34-45(36-47(35-44)59(4,5)6)52-37-43(31-32-61-52)42-24-16-23-41(33-42)39-19-12-10-13-20-39/h10-38,64H,1-9H3. The molecule has 9 aromatic rings. The van der Waals surface area contributed by atoms with Gasteiger partial charge in [0.2, 0.25) is 0 Å². The number of phenols is 1. The number of phenolic OH excluding ortho intramolecular Hbond substituents is 1. The summed E-state index contributed by atoms with van der Waals surface area (Å²) in [5.41, 5.74) is 17.2. The maximum atomic E-state index is 12.2. The molecule has 2 heterocycles. The summed E-state index contributed by atoms with van der Waals surface area (Å²) < 4.78 is 2.26. The molecule has 0 aliphatic heterocycles. The van der Waals surface area contributed by atoms with E-state index in [9.17, 15) is 5.11 Å². The van der Waals surface area contributed by atoms with Crippen molar-refractivity contribution in [1.29, 1.82) is 0 Å². The number of hydrogen-bond acceptors (Lipinski definition) is 3. The zero-order chi connectivity index (χ0) is 45.0. The number of imidazole rings is 1. The monoisotopic (exact) mass is 835 g/mol.